The zero-order valence-electron chi connectivity index (χ0n) is 19.1. The van der Waals surface area contributed by atoms with Gasteiger partial charge in [0.25, 0.3) is 5.91 Å². The van der Waals surface area contributed by atoms with E-state index >= 15 is 0 Å². The van der Waals surface area contributed by atoms with Gasteiger partial charge in [0.15, 0.2) is 5.72 Å². The minimum atomic E-state index is -0.894. The molecule has 2 bridgehead atoms. The number of carbonyl (C=O) groups excluding carboxylic acids is 2. The number of halogens is 1. The maximum absolute atomic E-state index is 13.1. The number of hydrogen-bond donors (Lipinski definition) is 2. The Morgan fingerprint density at radius 2 is 1.97 bits per heavy atom. The second-order valence-corrected chi connectivity index (χ2v) is 9.48. The molecule has 3 amide bonds. The van der Waals surface area contributed by atoms with Crippen molar-refractivity contribution in [2.45, 2.75) is 38.5 Å². The van der Waals surface area contributed by atoms with E-state index in [1.807, 2.05) is 25.1 Å². The molecule has 1 fully saturated rings. The van der Waals surface area contributed by atoms with Crippen LogP contribution in [0.25, 0.3) is 0 Å². The molecule has 0 aromatic heterocycles. The van der Waals surface area contributed by atoms with Crippen molar-refractivity contribution in [1.29, 1.82) is 0 Å². The van der Waals surface area contributed by atoms with Crippen LogP contribution in [-0.2, 0) is 6.42 Å². The summed E-state index contributed by atoms with van der Waals surface area (Å²) in [6, 6.07) is 20.3. The Bertz CT molecular complexity index is 1260. The van der Waals surface area contributed by atoms with E-state index < -0.39 is 5.72 Å². The molecule has 2 atom stereocenters. The van der Waals surface area contributed by atoms with Crippen molar-refractivity contribution in [3.8, 4) is 5.75 Å². The number of nitrogens with zero attached hydrogens (tertiary/aromatic N) is 1. The molecule has 3 aromatic carbocycles. The molecule has 0 saturated carbocycles. The van der Waals surface area contributed by atoms with Gasteiger partial charge >= 0.3 is 6.03 Å². The van der Waals surface area contributed by atoms with E-state index in [0.717, 1.165) is 12.0 Å². The molecule has 2 aliphatic rings. The first-order valence-corrected chi connectivity index (χ1v) is 11.7. The van der Waals surface area contributed by atoms with Crippen LogP contribution >= 0.6 is 11.6 Å². The number of amides is 3. The molecule has 6 nitrogen and oxygen atoms in total. The largest absolute Gasteiger partial charge is 0.467 e. The Hall–Kier alpha value is -3.51. The monoisotopic (exact) mass is 475 g/mol. The molecule has 174 valence electrons. The van der Waals surface area contributed by atoms with Crippen molar-refractivity contribution in [3.63, 3.8) is 0 Å². The third-order valence-electron chi connectivity index (χ3n) is 6.42. The summed E-state index contributed by atoms with van der Waals surface area (Å²) in [5, 5.41) is 6.63. The fourth-order valence-electron chi connectivity index (χ4n) is 4.70. The van der Waals surface area contributed by atoms with Gasteiger partial charge in [0, 0.05) is 29.1 Å². The Balaban J connectivity index is 1.33. The van der Waals surface area contributed by atoms with E-state index in [2.05, 4.69) is 41.8 Å². The van der Waals surface area contributed by atoms with Crippen LogP contribution in [0.3, 0.4) is 0 Å². The van der Waals surface area contributed by atoms with Crippen molar-refractivity contribution < 1.29 is 14.3 Å². The molecule has 5 rings (SSSR count). The smallest absolute Gasteiger partial charge is 0.325 e. The summed E-state index contributed by atoms with van der Waals surface area (Å²) in [5.74, 6) is 0.511. The van der Waals surface area contributed by atoms with Crippen LogP contribution in [0.5, 0.6) is 5.75 Å². The quantitative estimate of drug-likeness (QED) is 0.519. The van der Waals surface area contributed by atoms with Crippen molar-refractivity contribution >= 4 is 29.2 Å². The van der Waals surface area contributed by atoms with Gasteiger partial charge in [-0.2, -0.15) is 0 Å². The summed E-state index contributed by atoms with van der Waals surface area (Å²) in [4.78, 5) is 27.6. The van der Waals surface area contributed by atoms with Crippen molar-refractivity contribution in [1.82, 2.24) is 10.6 Å². The molecule has 3 aromatic rings. The number of anilines is 1. The molecule has 0 spiro atoms. The first-order chi connectivity index (χ1) is 16.3. The van der Waals surface area contributed by atoms with E-state index in [1.165, 1.54) is 11.1 Å². The highest BCUT2D eigenvalue weighted by Crippen LogP contribution is 2.46. The molecular formula is C27H26ClN3O3. The number of benzene rings is 3. The molecular weight excluding hydrogens is 450 g/mol. The molecule has 2 aliphatic heterocycles. The minimum Gasteiger partial charge on any atom is -0.467 e. The Morgan fingerprint density at radius 1 is 1.18 bits per heavy atom. The number of ether oxygens (including phenoxy) is 1. The third kappa shape index (κ3) is 4.21. The molecule has 34 heavy (non-hydrogen) atoms. The third-order valence-corrected chi connectivity index (χ3v) is 6.66. The van der Waals surface area contributed by atoms with Crippen LogP contribution in [0.2, 0.25) is 5.02 Å². The van der Waals surface area contributed by atoms with Gasteiger partial charge in [-0.1, -0.05) is 47.5 Å². The second kappa shape index (κ2) is 8.69. The van der Waals surface area contributed by atoms with Gasteiger partial charge in [-0.3, -0.25) is 9.69 Å². The van der Waals surface area contributed by atoms with Gasteiger partial charge < -0.3 is 15.4 Å². The highest BCUT2D eigenvalue weighted by molar-refractivity contribution is 6.30. The molecule has 1 saturated heterocycles. The average molecular weight is 476 g/mol. The van der Waals surface area contributed by atoms with Gasteiger partial charge in [0.2, 0.25) is 0 Å². The van der Waals surface area contributed by atoms with Crippen molar-refractivity contribution in [3.05, 3.63) is 94.0 Å². The van der Waals surface area contributed by atoms with Crippen LogP contribution in [-0.4, -0.2) is 24.2 Å². The minimum absolute atomic E-state index is 0.182. The predicted molar refractivity (Wildman–Crippen MR) is 133 cm³/mol. The zero-order chi connectivity index (χ0) is 23.9. The molecule has 0 radical (unpaired) electrons. The van der Waals surface area contributed by atoms with Gasteiger partial charge in [-0.25, -0.2) is 4.79 Å². The van der Waals surface area contributed by atoms with Gasteiger partial charge in [0.05, 0.1) is 11.7 Å². The fraction of sp³-hybridized carbons (Fsp3) is 0.259. The Labute approximate surface area is 203 Å². The maximum Gasteiger partial charge on any atom is 0.325 e. The van der Waals surface area contributed by atoms with Gasteiger partial charge in [-0.15, -0.1) is 0 Å². The summed E-state index contributed by atoms with van der Waals surface area (Å²) in [6.07, 6.45) is 1.30. The summed E-state index contributed by atoms with van der Waals surface area (Å²) in [7, 11) is 0. The summed E-state index contributed by atoms with van der Waals surface area (Å²) in [6.45, 7) is 4.47. The molecule has 1 unspecified atom stereocenters. The van der Waals surface area contributed by atoms with E-state index in [9.17, 15) is 9.59 Å². The first-order valence-electron chi connectivity index (χ1n) is 11.4. The van der Waals surface area contributed by atoms with Crippen molar-refractivity contribution in [2.24, 2.45) is 0 Å². The molecule has 2 N–H and O–H groups in total. The average Bonchev–Trinajstić information content (AvgIpc) is 2.80. The van der Waals surface area contributed by atoms with Crippen LogP contribution in [0, 0.1) is 6.92 Å². The number of hydrogen-bond acceptors (Lipinski definition) is 3. The molecule has 2 heterocycles. The Kier molecular flexibility index (Phi) is 5.70. The number of carbonyl (C=O) groups is 2. The van der Waals surface area contributed by atoms with E-state index in [0.29, 0.717) is 35.0 Å². The zero-order valence-corrected chi connectivity index (χ0v) is 19.9. The lowest BCUT2D eigenvalue weighted by atomic mass is 9.90. The molecule has 7 heteroatoms. The lowest BCUT2D eigenvalue weighted by molar-refractivity contribution is 0.0378. The highest BCUT2D eigenvalue weighted by Gasteiger charge is 2.49. The van der Waals surface area contributed by atoms with Crippen molar-refractivity contribution in [2.75, 3.05) is 11.4 Å². The van der Waals surface area contributed by atoms with E-state index in [1.54, 1.807) is 29.2 Å². The lowest BCUT2D eigenvalue weighted by Gasteiger charge is -2.50. The first kappa shape index (κ1) is 22.3. The number of fused-ring (bicyclic) bond motifs is 4. The van der Waals surface area contributed by atoms with Gasteiger partial charge in [-0.05, 0) is 62.2 Å². The van der Waals surface area contributed by atoms with Crippen LogP contribution < -0.4 is 20.3 Å². The normalized spacial score (nSPS) is 20.7. The predicted octanol–water partition coefficient (Wildman–Crippen LogP) is 5.39. The van der Waals surface area contributed by atoms with E-state index in [-0.39, 0.29) is 18.0 Å². The highest BCUT2D eigenvalue weighted by atomic mass is 35.5. The lowest BCUT2D eigenvalue weighted by Crippen LogP contribution is -2.65. The number of rotatable bonds is 5. The Morgan fingerprint density at radius 3 is 2.76 bits per heavy atom. The summed E-state index contributed by atoms with van der Waals surface area (Å²) in [5.41, 5.74) is 3.45. The van der Waals surface area contributed by atoms with E-state index in [4.69, 9.17) is 16.3 Å². The standard InChI is InChI=1S/C27H26ClN3O3/c1-17-6-8-18(9-7-17)12-13-29-25(32)19-4-3-5-21(14-19)31-26(33)30-23-16-27(31,2)34-24-11-10-20(28)15-22(23)24/h3-11,14-15,23H,12-13,16H2,1-2H3,(H,29,32)(H,30,33)/t23?,27-/m1/s1. The van der Waals surface area contributed by atoms with Gasteiger partial charge in [0.1, 0.15) is 5.75 Å². The summed E-state index contributed by atoms with van der Waals surface area (Å²) >= 11 is 6.16. The number of nitrogens with one attached hydrogen (secondary N) is 2. The second-order valence-electron chi connectivity index (χ2n) is 9.04. The number of urea groups is 1. The van der Waals surface area contributed by atoms with Crippen LogP contribution in [0.4, 0.5) is 10.5 Å². The topological polar surface area (TPSA) is 70.7 Å². The van der Waals surface area contributed by atoms with Crippen LogP contribution in [0.1, 0.15) is 46.4 Å². The SMILES string of the molecule is Cc1ccc(CCNC(=O)c2cccc(N3C(=O)NC4C[C@@]3(C)Oc3ccc(Cl)cc34)c2)cc1. The maximum atomic E-state index is 13.1. The number of aryl methyl sites for hydroxylation is 1. The molecule has 0 aliphatic carbocycles. The fourth-order valence-corrected chi connectivity index (χ4v) is 4.88. The summed E-state index contributed by atoms with van der Waals surface area (Å²) < 4.78 is 6.31. The van der Waals surface area contributed by atoms with Crippen LogP contribution in [0.15, 0.2) is 66.7 Å².